The van der Waals surface area contributed by atoms with Crippen molar-refractivity contribution in [3.63, 3.8) is 0 Å². The van der Waals surface area contributed by atoms with E-state index in [-0.39, 0.29) is 4.90 Å². The average Bonchev–Trinajstić information content (AvgIpc) is 3.59. The number of sulfone groups is 1. The molecule has 0 saturated heterocycles. The minimum absolute atomic E-state index is 0.256. The van der Waals surface area contributed by atoms with Gasteiger partial charge in [0, 0.05) is 17.0 Å². The minimum atomic E-state index is -3.56. The normalized spacial score (nSPS) is 14.9. The number of rotatable bonds is 7. The smallest absolute Gasteiger partial charge is 0.202 e. The first kappa shape index (κ1) is 18.5. The van der Waals surface area contributed by atoms with Crippen molar-refractivity contribution in [2.24, 2.45) is 5.92 Å². The molecule has 0 N–H and O–H groups in total. The topological polar surface area (TPSA) is 43.4 Å². The molecule has 0 aromatic heterocycles. The molecule has 4 heteroatoms. The van der Waals surface area contributed by atoms with Crippen LogP contribution in [-0.4, -0.2) is 8.42 Å². The van der Waals surface area contributed by atoms with Crippen LogP contribution in [0.1, 0.15) is 24.0 Å². The van der Waals surface area contributed by atoms with Gasteiger partial charge in [0.15, 0.2) is 5.60 Å². The van der Waals surface area contributed by atoms with Crippen LogP contribution in [-0.2, 0) is 20.2 Å². The van der Waals surface area contributed by atoms with E-state index in [2.05, 4.69) is 0 Å². The third-order valence-electron chi connectivity index (χ3n) is 5.12. The molecule has 3 nitrogen and oxygen atoms in total. The Balaban J connectivity index is 1.73. The molecule has 0 amide bonds. The van der Waals surface area contributed by atoms with Gasteiger partial charge >= 0.3 is 0 Å². The molecular weight excluding hydrogens is 368 g/mol. The summed E-state index contributed by atoms with van der Waals surface area (Å²) < 4.78 is 31.5. The lowest BCUT2D eigenvalue weighted by atomic mass is 9.82. The lowest BCUT2D eigenvalue weighted by Gasteiger charge is -2.34. The lowest BCUT2D eigenvalue weighted by Crippen LogP contribution is -2.32. The highest BCUT2D eigenvalue weighted by Gasteiger charge is 2.49. The van der Waals surface area contributed by atoms with E-state index in [1.54, 1.807) is 30.3 Å². The summed E-state index contributed by atoms with van der Waals surface area (Å²) in [5.41, 5.74) is 1.38. The molecule has 1 aliphatic rings. The molecule has 28 heavy (non-hydrogen) atoms. The molecule has 0 spiro atoms. The van der Waals surface area contributed by atoms with Gasteiger partial charge in [-0.25, -0.2) is 8.42 Å². The first-order chi connectivity index (χ1) is 13.6. The fraction of sp³-hybridized carbons (Fsp3) is 0.167. The summed E-state index contributed by atoms with van der Waals surface area (Å²) in [5, 5.41) is 1.16. The Morgan fingerprint density at radius 3 is 1.68 bits per heavy atom. The van der Waals surface area contributed by atoms with E-state index in [1.807, 2.05) is 60.7 Å². The fourth-order valence-electron chi connectivity index (χ4n) is 3.63. The highest BCUT2D eigenvalue weighted by atomic mass is 32.2. The maximum absolute atomic E-state index is 12.6. The van der Waals surface area contributed by atoms with E-state index >= 15 is 0 Å². The molecule has 1 aliphatic carbocycles. The van der Waals surface area contributed by atoms with Crippen molar-refractivity contribution < 1.29 is 13.2 Å². The summed E-state index contributed by atoms with van der Waals surface area (Å²) in [4.78, 5) is 0.256. The zero-order chi connectivity index (χ0) is 19.5. The Morgan fingerprint density at radius 1 is 0.750 bits per heavy atom. The largest absolute Gasteiger partial charge is 0.484 e. The Labute approximate surface area is 166 Å². The van der Waals surface area contributed by atoms with Crippen LogP contribution in [0.15, 0.2) is 108 Å². The third-order valence-corrected chi connectivity index (χ3v) is 6.52. The number of benzene rings is 3. The molecule has 3 aromatic rings. The van der Waals surface area contributed by atoms with Crippen LogP contribution in [0.3, 0.4) is 0 Å². The van der Waals surface area contributed by atoms with E-state index in [0.29, 0.717) is 5.92 Å². The molecule has 0 atom stereocenters. The van der Waals surface area contributed by atoms with Crippen LogP contribution >= 0.6 is 0 Å². The van der Waals surface area contributed by atoms with Crippen molar-refractivity contribution in [3.05, 3.63) is 114 Å². The molecule has 4 rings (SSSR count). The summed E-state index contributed by atoms with van der Waals surface area (Å²) in [6.45, 7) is 0. The highest BCUT2D eigenvalue weighted by Crippen LogP contribution is 2.52. The van der Waals surface area contributed by atoms with Gasteiger partial charge in [0.2, 0.25) is 9.84 Å². The average molecular weight is 391 g/mol. The van der Waals surface area contributed by atoms with Crippen LogP contribution in [0.2, 0.25) is 0 Å². The van der Waals surface area contributed by atoms with Crippen LogP contribution < -0.4 is 0 Å². The zero-order valence-corrected chi connectivity index (χ0v) is 16.3. The summed E-state index contributed by atoms with van der Waals surface area (Å²) in [5.74, 6) is 0.307. The molecule has 142 valence electrons. The van der Waals surface area contributed by atoms with Crippen molar-refractivity contribution in [1.29, 1.82) is 0 Å². The van der Waals surface area contributed by atoms with E-state index < -0.39 is 15.4 Å². The van der Waals surface area contributed by atoms with Gasteiger partial charge in [-0.1, -0.05) is 78.9 Å². The SMILES string of the molecule is O=S(=O)(/C=C/OC(c1ccccc1)(c1ccccc1)C1CC1)c1ccccc1. The molecule has 0 aliphatic heterocycles. The summed E-state index contributed by atoms with van der Waals surface area (Å²) in [6, 6.07) is 28.5. The standard InChI is InChI=1S/C24H22O3S/c25-28(26,23-14-8-3-9-15-23)19-18-27-24(22-16-17-22,20-10-4-1-5-11-20)21-12-6-2-7-13-21/h1-15,18-19,22H,16-17H2/b19-18+. The zero-order valence-electron chi connectivity index (χ0n) is 15.4. The maximum atomic E-state index is 12.6. The number of hydrogen-bond donors (Lipinski definition) is 0. The van der Waals surface area contributed by atoms with E-state index in [0.717, 1.165) is 29.4 Å². The third kappa shape index (κ3) is 3.60. The predicted molar refractivity (Wildman–Crippen MR) is 110 cm³/mol. The van der Waals surface area contributed by atoms with Crippen LogP contribution in [0.5, 0.6) is 0 Å². The Kier molecular flexibility index (Phi) is 5.05. The molecular formula is C24H22O3S. The summed E-state index contributed by atoms with van der Waals surface area (Å²) in [6.07, 6.45) is 3.44. The van der Waals surface area contributed by atoms with Crippen molar-refractivity contribution in [2.45, 2.75) is 23.3 Å². The van der Waals surface area contributed by atoms with Gasteiger partial charge in [0.05, 0.1) is 16.6 Å². The molecule has 0 heterocycles. The monoisotopic (exact) mass is 390 g/mol. The predicted octanol–water partition coefficient (Wildman–Crippen LogP) is 5.30. The van der Waals surface area contributed by atoms with Gasteiger partial charge in [-0.3, -0.25) is 0 Å². The Morgan fingerprint density at radius 2 is 1.21 bits per heavy atom. The summed E-state index contributed by atoms with van der Waals surface area (Å²) in [7, 11) is -3.56. The second-order valence-corrected chi connectivity index (χ2v) is 8.82. The van der Waals surface area contributed by atoms with Gasteiger partial charge in [0.25, 0.3) is 0 Å². The lowest BCUT2D eigenvalue weighted by molar-refractivity contribution is 0.0360. The van der Waals surface area contributed by atoms with Crippen molar-refractivity contribution in [2.75, 3.05) is 0 Å². The first-order valence-corrected chi connectivity index (χ1v) is 10.9. The van der Waals surface area contributed by atoms with Gasteiger partial charge in [-0.2, -0.15) is 0 Å². The molecule has 1 fully saturated rings. The van der Waals surface area contributed by atoms with Crippen LogP contribution in [0, 0.1) is 5.92 Å². The molecule has 0 bridgehead atoms. The number of hydrogen-bond acceptors (Lipinski definition) is 3. The highest BCUT2D eigenvalue weighted by molar-refractivity contribution is 7.94. The van der Waals surface area contributed by atoms with Crippen molar-refractivity contribution in [1.82, 2.24) is 0 Å². The van der Waals surface area contributed by atoms with Crippen molar-refractivity contribution >= 4 is 9.84 Å². The van der Waals surface area contributed by atoms with Gasteiger partial charge in [-0.15, -0.1) is 0 Å². The van der Waals surface area contributed by atoms with E-state index in [4.69, 9.17) is 4.74 Å². The maximum Gasteiger partial charge on any atom is 0.202 e. The number of ether oxygens (including phenoxy) is 1. The van der Waals surface area contributed by atoms with Crippen LogP contribution in [0.25, 0.3) is 0 Å². The minimum Gasteiger partial charge on any atom is -0.484 e. The summed E-state index contributed by atoms with van der Waals surface area (Å²) >= 11 is 0. The van der Waals surface area contributed by atoms with Crippen molar-refractivity contribution in [3.8, 4) is 0 Å². The van der Waals surface area contributed by atoms with Gasteiger partial charge in [0.1, 0.15) is 0 Å². The van der Waals surface area contributed by atoms with Crippen LogP contribution in [0.4, 0.5) is 0 Å². The quantitative estimate of drug-likeness (QED) is 0.514. The second-order valence-electron chi connectivity index (χ2n) is 6.99. The molecule has 3 aromatic carbocycles. The molecule has 0 radical (unpaired) electrons. The molecule has 0 unspecified atom stereocenters. The van der Waals surface area contributed by atoms with Gasteiger partial charge in [-0.05, 0) is 25.0 Å². The Bertz CT molecular complexity index is 999. The second kappa shape index (κ2) is 7.64. The first-order valence-electron chi connectivity index (χ1n) is 9.38. The van der Waals surface area contributed by atoms with Gasteiger partial charge < -0.3 is 4.74 Å². The molecule has 1 saturated carbocycles. The Hall–Kier alpha value is -2.85. The fourth-order valence-corrected chi connectivity index (χ4v) is 4.52. The van der Waals surface area contributed by atoms with E-state index in [9.17, 15) is 8.42 Å². The van der Waals surface area contributed by atoms with E-state index in [1.165, 1.54) is 6.26 Å².